The molecule has 1 aliphatic carbocycles. The summed E-state index contributed by atoms with van der Waals surface area (Å²) >= 11 is 0. The summed E-state index contributed by atoms with van der Waals surface area (Å²) in [6.07, 6.45) is 2.63. The van der Waals surface area contributed by atoms with E-state index in [1.807, 2.05) is 0 Å². The molecule has 0 fully saturated rings. The minimum Gasteiger partial charge on any atom is -0.302 e. The number of hydrogen-bond donors (Lipinski definition) is 0. The first-order valence-electron chi connectivity index (χ1n) is 4.54. The van der Waals surface area contributed by atoms with Crippen LogP contribution in [0, 0.1) is 5.92 Å². The van der Waals surface area contributed by atoms with Gasteiger partial charge in [-0.25, -0.2) is 0 Å². The highest BCUT2D eigenvalue weighted by Crippen LogP contribution is 2.27. The lowest BCUT2D eigenvalue weighted by Gasteiger charge is -2.16. The molecule has 2 rings (SSSR count). The van der Waals surface area contributed by atoms with E-state index in [-0.39, 0.29) is 5.78 Å². The van der Waals surface area contributed by atoms with Crippen LogP contribution in [0.25, 0.3) is 5.57 Å². The second kappa shape index (κ2) is 3.61. The van der Waals surface area contributed by atoms with Crippen molar-refractivity contribution >= 4 is 23.9 Å². The van der Waals surface area contributed by atoms with Crippen molar-refractivity contribution in [3.05, 3.63) is 41.5 Å². The fraction of sp³-hybridized carbons (Fsp3) is 0.0833. The van der Waals surface area contributed by atoms with Crippen LogP contribution in [0.15, 0.2) is 30.3 Å². The maximum absolute atomic E-state index is 11.7. The van der Waals surface area contributed by atoms with Crippen molar-refractivity contribution in [2.45, 2.75) is 0 Å². The fourth-order valence-corrected chi connectivity index (χ4v) is 1.69. The molecular weight excluding hydrogens is 192 g/mol. The molecular formula is C12H8O3. The van der Waals surface area contributed by atoms with Gasteiger partial charge in [0.15, 0.2) is 5.78 Å². The SMILES string of the molecule is O=CC1=CC(C=O)C(=O)c2ccccc21. The Balaban J connectivity index is 2.65. The van der Waals surface area contributed by atoms with Crippen molar-refractivity contribution < 1.29 is 14.4 Å². The molecule has 0 bridgehead atoms. The summed E-state index contributed by atoms with van der Waals surface area (Å²) in [5, 5.41) is 0. The summed E-state index contributed by atoms with van der Waals surface area (Å²) in [4.78, 5) is 33.2. The monoisotopic (exact) mass is 200 g/mol. The van der Waals surface area contributed by atoms with Gasteiger partial charge in [0, 0.05) is 11.1 Å². The number of benzene rings is 1. The second-order valence-corrected chi connectivity index (χ2v) is 3.31. The maximum Gasteiger partial charge on any atom is 0.177 e. The minimum absolute atomic E-state index is 0.244. The second-order valence-electron chi connectivity index (χ2n) is 3.31. The van der Waals surface area contributed by atoms with Gasteiger partial charge in [0.2, 0.25) is 0 Å². The van der Waals surface area contributed by atoms with Crippen molar-refractivity contribution in [3.63, 3.8) is 0 Å². The number of ketones is 1. The van der Waals surface area contributed by atoms with E-state index in [0.717, 1.165) is 0 Å². The molecule has 15 heavy (non-hydrogen) atoms. The van der Waals surface area contributed by atoms with Crippen molar-refractivity contribution in [2.75, 3.05) is 0 Å². The van der Waals surface area contributed by atoms with Crippen LogP contribution in [0.2, 0.25) is 0 Å². The molecule has 0 heterocycles. The van der Waals surface area contributed by atoms with E-state index in [1.165, 1.54) is 6.08 Å². The van der Waals surface area contributed by atoms with Gasteiger partial charge in [-0.1, -0.05) is 30.3 Å². The van der Waals surface area contributed by atoms with Gasteiger partial charge in [-0.15, -0.1) is 0 Å². The Labute approximate surface area is 86.4 Å². The summed E-state index contributed by atoms with van der Waals surface area (Å²) in [5.74, 6) is -1.06. The predicted molar refractivity (Wildman–Crippen MR) is 54.4 cm³/mol. The lowest BCUT2D eigenvalue weighted by molar-refractivity contribution is -0.108. The molecule has 3 nitrogen and oxygen atoms in total. The molecule has 1 aromatic carbocycles. The Morgan fingerprint density at radius 2 is 1.73 bits per heavy atom. The molecule has 0 N–H and O–H groups in total. The van der Waals surface area contributed by atoms with Gasteiger partial charge in [0.25, 0.3) is 0 Å². The van der Waals surface area contributed by atoms with Crippen LogP contribution in [0.5, 0.6) is 0 Å². The van der Waals surface area contributed by atoms with Gasteiger partial charge in [0.1, 0.15) is 12.6 Å². The van der Waals surface area contributed by atoms with Gasteiger partial charge in [0.05, 0.1) is 5.92 Å². The van der Waals surface area contributed by atoms with E-state index < -0.39 is 5.92 Å². The van der Waals surface area contributed by atoms with Crippen LogP contribution in [0.4, 0.5) is 0 Å². The van der Waals surface area contributed by atoms with Gasteiger partial charge in [-0.3, -0.25) is 9.59 Å². The van der Waals surface area contributed by atoms with E-state index in [0.29, 0.717) is 29.3 Å². The molecule has 1 unspecified atom stereocenters. The first kappa shape index (κ1) is 9.52. The van der Waals surface area contributed by atoms with Crippen LogP contribution in [-0.4, -0.2) is 18.4 Å². The molecule has 0 spiro atoms. The van der Waals surface area contributed by atoms with Crippen LogP contribution < -0.4 is 0 Å². The lowest BCUT2D eigenvalue weighted by Crippen LogP contribution is -2.20. The maximum atomic E-state index is 11.7. The molecule has 0 saturated heterocycles. The third kappa shape index (κ3) is 1.42. The minimum atomic E-state index is -0.819. The zero-order chi connectivity index (χ0) is 10.8. The molecule has 1 atom stereocenters. The zero-order valence-electron chi connectivity index (χ0n) is 7.84. The molecule has 0 radical (unpaired) electrons. The number of fused-ring (bicyclic) bond motifs is 1. The highest BCUT2D eigenvalue weighted by molar-refractivity contribution is 6.20. The van der Waals surface area contributed by atoms with Gasteiger partial charge >= 0.3 is 0 Å². The first-order chi connectivity index (χ1) is 7.27. The Morgan fingerprint density at radius 1 is 1.07 bits per heavy atom. The Kier molecular flexibility index (Phi) is 2.29. The smallest absolute Gasteiger partial charge is 0.177 e. The van der Waals surface area contributed by atoms with E-state index in [4.69, 9.17) is 0 Å². The quantitative estimate of drug-likeness (QED) is 0.533. The van der Waals surface area contributed by atoms with Gasteiger partial charge in [-0.2, -0.15) is 0 Å². The van der Waals surface area contributed by atoms with E-state index in [2.05, 4.69) is 0 Å². The Hall–Kier alpha value is -2.03. The van der Waals surface area contributed by atoms with Gasteiger partial charge in [-0.05, 0) is 5.56 Å². The van der Waals surface area contributed by atoms with Crippen molar-refractivity contribution in [1.29, 1.82) is 0 Å². The van der Waals surface area contributed by atoms with Crippen LogP contribution in [-0.2, 0) is 9.59 Å². The molecule has 74 valence electrons. The summed E-state index contributed by atoms with van der Waals surface area (Å²) < 4.78 is 0. The van der Waals surface area contributed by atoms with E-state index >= 15 is 0 Å². The third-order valence-electron chi connectivity index (χ3n) is 2.44. The normalized spacial score (nSPS) is 19.1. The van der Waals surface area contributed by atoms with Crippen LogP contribution >= 0.6 is 0 Å². The Bertz CT molecular complexity index is 472. The van der Waals surface area contributed by atoms with E-state index in [1.54, 1.807) is 24.3 Å². The van der Waals surface area contributed by atoms with Crippen molar-refractivity contribution in [1.82, 2.24) is 0 Å². The number of hydrogen-bond acceptors (Lipinski definition) is 3. The highest BCUT2D eigenvalue weighted by atomic mass is 16.1. The standard InChI is InChI=1S/C12H8O3/c13-6-8-5-9(7-14)12(15)11-4-2-1-3-10(8)11/h1-7,9H. The number of allylic oxidation sites excluding steroid dienone is 2. The number of carbonyl (C=O) groups is 3. The predicted octanol–water partition coefficient (Wildman–Crippen LogP) is 1.28. The van der Waals surface area contributed by atoms with Crippen molar-refractivity contribution in [3.8, 4) is 0 Å². The van der Waals surface area contributed by atoms with Gasteiger partial charge < -0.3 is 4.79 Å². The third-order valence-corrected chi connectivity index (χ3v) is 2.44. The average molecular weight is 200 g/mol. The lowest BCUT2D eigenvalue weighted by atomic mass is 9.85. The molecule has 3 heteroatoms. The Morgan fingerprint density at radius 3 is 2.33 bits per heavy atom. The topological polar surface area (TPSA) is 51.2 Å². The molecule has 1 aliphatic rings. The molecule has 0 aromatic heterocycles. The molecule has 0 amide bonds. The summed E-state index contributed by atoms with van der Waals surface area (Å²) in [6, 6.07) is 6.80. The molecule has 0 aliphatic heterocycles. The van der Waals surface area contributed by atoms with Crippen LogP contribution in [0.1, 0.15) is 15.9 Å². The summed E-state index contributed by atoms with van der Waals surface area (Å²) in [6.45, 7) is 0. The highest BCUT2D eigenvalue weighted by Gasteiger charge is 2.26. The van der Waals surface area contributed by atoms with E-state index in [9.17, 15) is 14.4 Å². The fourth-order valence-electron chi connectivity index (χ4n) is 1.69. The zero-order valence-corrected chi connectivity index (χ0v) is 7.84. The molecule has 0 saturated carbocycles. The number of aldehydes is 2. The average Bonchev–Trinajstić information content (AvgIpc) is 2.30. The number of carbonyl (C=O) groups excluding carboxylic acids is 3. The number of rotatable bonds is 2. The molecule has 1 aromatic rings. The van der Waals surface area contributed by atoms with Crippen LogP contribution in [0.3, 0.4) is 0 Å². The number of Topliss-reactive ketones (excluding diaryl/α,β-unsaturated/α-hetero) is 1. The largest absolute Gasteiger partial charge is 0.302 e. The first-order valence-corrected chi connectivity index (χ1v) is 4.54. The summed E-state index contributed by atoms with van der Waals surface area (Å²) in [7, 11) is 0. The summed E-state index contributed by atoms with van der Waals surface area (Å²) in [5.41, 5.74) is 1.46. The van der Waals surface area contributed by atoms with Crippen molar-refractivity contribution in [2.24, 2.45) is 5.92 Å².